The van der Waals surface area contributed by atoms with E-state index in [-0.39, 0.29) is 0 Å². The first-order valence-corrected chi connectivity index (χ1v) is 10.7. The molecule has 1 aromatic carbocycles. The van der Waals surface area contributed by atoms with Crippen LogP contribution in [0, 0.1) is 6.92 Å². The highest BCUT2D eigenvalue weighted by molar-refractivity contribution is 5.53. The summed E-state index contributed by atoms with van der Waals surface area (Å²) in [6.45, 7) is 11.7. The summed E-state index contributed by atoms with van der Waals surface area (Å²) >= 11 is 0. The molecule has 0 aliphatic rings. The van der Waals surface area contributed by atoms with Crippen molar-refractivity contribution in [2.24, 2.45) is 0 Å². The molecule has 0 fully saturated rings. The van der Waals surface area contributed by atoms with Crippen LogP contribution in [-0.4, -0.2) is 19.7 Å². The highest BCUT2D eigenvalue weighted by Gasteiger charge is 2.06. The molecule has 0 aliphatic carbocycles. The van der Waals surface area contributed by atoms with E-state index in [9.17, 15) is 0 Å². The zero-order valence-corrected chi connectivity index (χ0v) is 17.3. The average molecular weight is 348 g/mol. The number of unbranched alkanes of at least 4 members (excludes halogenated alkanes) is 9. The SMILES string of the molecule is CCCCCCCCCCCCOc1cc(N(CC)CC)ccc1C. The Hall–Kier alpha value is -1.18. The lowest BCUT2D eigenvalue weighted by molar-refractivity contribution is 0.302. The lowest BCUT2D eigenvalue weighted by atomic mass is 10.1. The number of hydrogen-bond donors (Lipinski definition) is 0. The number of hydrogen-bond acceptors (Lipinski definition) is 2. The summed E-state index contributed by atoms with van der Waals surface area (Å²) < 4.78 is 6.06. The zero-order valence-electron chi connectivity index (χ0n) is 17.3. The van der Waals surface area contributed by atoms with Gasteiger partial charge in [-0.3, -0.25) is 0 Å². The van der Waals surface area contributed by atoms with Gasteiger partial charge in [0.25, 0.3) is 0 Å². The van der Waals surface area contributed by atoms with Crippen LogP contribution < -0.4 is 9.64 Å². The maximum absolute atomic E-state index is 6.06. The van der Waals surface area contributed by atoms with Gasteiger partial charge in [0.2, 0.25) is 0 Å². The van der Waals surface area contributed by atoms with Crippen LogP contribution in [0.25, 0.3) is 0 Å². The molecule has 0 spiro atoms. The van der Waals surface area contributed by atoms with Gasteiger partial charge >= 0.3 is 0 Å². The molecule has 0 amide bonds. The van der Waals surface area contributed by atoms with Crippen LogP contribution in [0.4, 0.5) is 5.69 Å². The molecule has 0 N–H and O–H groups in total. The van der Waals surface area contributed by atoms with E-state index in [1.165, 1.54) is 75.5 Å². The summed E-state index contributed by atoms with van der Waals surface area (Å²) in [4.78, 5) is 2.37. The Bertz CT molecular complexity index is 440. The Morgan fingerprint density at radius 3 is 1.88 bits per heavy atom. The molecule has 0 atom stereocenters. The quantitative estimate of drug-likeness (QED) is 0.313. The second-order valence-corrected chi connectivity index (χ2v) is 7.15. The van der Waals surface area contributed by atoms with Crippen LogP contribution in [0.1, 0.15) is 90.5 Å². The summed E-state index contributed by atoms with van der Waals surface area (Å²) in [5.74, 6) is 1.06. The Morgan fingerprint density at radius 2 is 1.32 bits per heavy atom. The minimum absolute atomic E-state index is 0.846. The third kappa shape index (κ3) is 9.18. The van der Waals surface area contributed by atoms with Gasteiger partial charge in [-0.2, -0.15) is 0 Å². The fourth-order valence-corrected chi connectivity index (χ4v) is 3.30. The molecule has 0 radical (unpaired) electrons. The van der Waals surface area contributed by atoms with E-state index in [0.717, 1.165) is 25.4 Å². The van der Waals surface area contributed by atoms with E-state index in [4.69, 9.17) is 4.74 Å². The smallest absolute Gasteiger partial charge is 0.124 e. The van der Waals surface area contributed by atoms with Gasteiger partial charge < -0.3 is 9.64 Å². The molecular formula is C23H41NO. The maximum Gasteiger partial charge on any atom is 0.124 e. The van der Waals surface area contributed by atoms with Crippen LogP contribution in [0.15, 0.2) is 18.2 Å². The van der Waals surface area contributed by atoms with Gasteiger partial charge in [-0.15, -0.1) is 0 Å². The van der Waals surface area contributed by atoms with Crippen molar-refractivity contribution in [1.29, 1.82) is 0 Å². The Morgan fingerprint density at radius 1 is 0.760 bits per heavy atom. The lowest BCUT2D eigenvalue weighted by Crippen LogP contribution is -2.21. The standard InChI is InChI=1S/C23H41NO/c1-5-8-9-10-11-12-13-14-15-16-19-25-23-20-22(18-17-21(23)4)24(6-2)7-3/h17-18,20H,5-16,19H2,1-4H3. The fraction of sp³-hybridized carbons (Fsp3) is 0.739. The highest BCUT2D eigenvalue weighted by atomic mass is 16.5. The van der Waals surface area contributed by atoms with Crippen molar-refractivity contribution in [3.05, 3.63) is 23.8 Å². The van der Waals surface area contributed by atoms with Crippen molar-refractivity contribution < 1.29 is 4.74 Å². The van der Waals surface area contributed by atoms with Crippen molar-refractivity contribution in [2.45, 2.75) is 91.9 Å². The van der Waals surface area contributed by atoms with Gasteiger partial charge in [-0.25, -0.2) is 0 Å². The number of benzene rings is 1. The minimum atomic E-state index is 0.846. The molecule has 0 aliphatic heterocycles. The first kappa shape index (κ1) is 21.9. The lowest BCUT2D eigenvalue weighted by Gasteiger charge is -2.22. The summed E-state index contributed by atoms with van der Waals surface area (Å²) in [7, 11) is 0. The van der Waals surface area contributed by atoms with Crippen LogP contribution in [-0.2, 0) is 0 Å². The molecule has 1 aromatic rings. The molecule has 0 aromatic heterocycles. The topological polar surface area (TPSA) is 12.5 Å². The molecular weight excluding hydrogens is 306 g/mol. The van der Waals surface area contributed by atoms with Crippen molar-refractivity contribution in [2.75, 3.05) is 24.6 Å². The van der Waals surface area contributed by atoms with Crippen molar-refractivity contribution in [3.63, 3.8) is 0 Å². The van der Waals surface area contributed by atoms with Crippen LogP contribution in [0.2, 0.25) is 0 Å². The van der Waals surface area contributed by atoms with E-state index in [0.29, 0.717) is 0 Å². The third-order valence-electron chi connectivity index (χ3n) is 5.06. The number of ether oxygens (including phenoxy) is 1. The van der Waals surface area contributed by atoms with Gasteiger partial charge in [0, 0.05) is 24.8 Å². The minimum Gasteiger partial charge on any atom is -0.493 e. The van der Waals surface area contributed by atoms with E-state index in [1.54, 1.807) is 0 Å². The van der Waals surface area contributed by atoms with Gasteiger partial charge in [0.15, 0.2) is 0 Å². The van der Waals surface area contributed by atoms with Crippen LogP contribution >= 0.6 is 0 Å². The first-order chi connectivity index (χ1) is 12.2. The van der Waals surface area contributed by atoms with Crippen LogP contribution in [0.3, 0.4) is 0 Å². The molecule has 0 bridgehead atoms. The number of rotatable bonds is 15. The highest BCUT2D eigenvalue weighted by Crippen LogP contribution is 2.25. The van der Waals surface area contributed by atoms with E-state index in [1.807, 2.05) is 0 Å². The fourth-order valence-electron chi connectivity index (χ4n) is 3.30. The maximum atomic E-state index is 6.06. The molecule has 2 nitrogen and oxygen atoms in total. The van der Waals surface area contributed by atoms with Gasteiger partial charge in [-0.05, 0) is 38.8 Å². The summed E-state index contributed by atoms with van der Waals surface area (Å²) in [6, 6.07) is 6.59. The van der Waals surface area contributed by atoms with Crippen LogP contribution in [0.5, 0.6) is 5.75 Å². The van der Waals surface area contributed by atoms with E-state index < -0.39 is 0 Å². The number of nitrogens with zero attached hydrogens (tertiary/aromatic N) is 1. The predicted molar refractivity (Wildman–Crippen MR) is 112 cm³/mol. The molecule has 144 valence electrons. The Kier molecular flexibility index (Phi) is 12.3. The van der Waals surface area contributed by atoms with Crippen molar-refractivity contribution >= 4 is 5.69 Å². The average Bonchev–Trinajstić information content (AvgIpc) is 2.63. The Balaban J connectivity index is 2.16. The number of aryl methyl sites for hydroxylation is 1. The zero-order chi connectivity index (χ0) is 18.3. The second kappa shape index (κ2) is 14.0. The first-order valence-electron chi connectivity index (χ1n) is 10.7. The largest absolute Gasteiger partial charge is 0.493 e. The molecule has 0 unspecified atom stereocenters. The second-order valence-electron chi connectivity index (χ2n) is 7.15. The molecule has 2 heteroatoms. The third-order valence-corrected chi connectivity index (χ3v) is 5.06. The molecule has 0 saturated heterocycles. The van der Waals surface area contributed by atoms with Crippen molar-refractivity contribution in [3.8, 4) is 5.75 Å². The number of anilines is 1. The monoisotopic (exact) mass is 347 g/mol. The molecule has 0 heterocycles. The van der Waals surface area contributed by atoms with E-state index >= 15 is 0 Å². The molecule has 0 saturated carbocycles. The summed E-state index contributed by atoms with van der Waals surface area (Å²) in [6.07, 6.45) is 13.7. The van der Waals surface area contributed by atoms with Crippen molar-refractivity contribution in [1.82, 2.24) is 0 Å². The normalized spacial score (nSPS) is 10.9. The van der Waals surface area contributed by atoms with Gasteiger partial charge in [0.05, 0.1) is 6.61 Å². The van der Waals surface area contributed by atoms with Gasteiger partial charge in [-0.1, -0.05) is 70.8 Å². The van der Waals surface area contributed by atoms with E-state index in [2.05, 4.69) is 50.8 Å². The molecule has 1 rings (SSSR count). The van der Waals surface area contributed by atoms with Gasteiger partial charge in [0.1, 0.15) is 5.75 Å². The molecule has 25 heavy (non-hydrogen) atoms. The Labute approximate surface area is 157 Å². The summed E-state index contributed by atoms with van der Waals surface area (Å²) in [5, 5.41) is 0. The summed E-state index contributed by atoms with van der Waals surface area (Å²) in [5.41, 5.74) is 2.51. The predicted octanol–water partition coefficient (Wildman–Crippen LogP) is 7.14.